The molecule has 0 aliphatic carbocycles. The molecule has 2 unspecified atom stereocenters. The van der Waals surface area contributed by atoms with Gasteiger partial charge in [-0.15, -0.1) is 0 Å². The SMILES string of the molecule is CC1CCN(C(=O)c2cc[nH]c(=O)c2)CC1C. The molecular weight excluding hydrogens is 216 g/mol. The Balaban J connectivity index is 2.13. The van der Waals surface area contributed by atoms with Crippen molar-refractivity contribution >= 4 is 5.91 Å². The van der Waals surface area contributed by atoms with Crippen molar-refractivity contribution < 1.29 is 4.79 Å². The molecule has 0 bridgehead atoms. The minimum atomic E-state index is -0.228. The molecule has 17 heavy (non-hydrogen) atoms. The van der Waals surface area contributed by atoms with Crippen LogP contribution in [0.25, 0.3) is 0 Å². The van der Waals surface area contributed by atoms with Crippen LogP contribution in [-0.4, -0.2) is 28.9 Å². The molecule has 4 nitrogen and oxygen atoms in total. The maximum absolute atomic E-state index is 12.2. The summed E-state index contributed by atoms with van der Waals surface area (Å²) in [4.78, 5) is 27.7. The minimum absolute atomic E-state index is 0.0325. The van der Waals surface area contributed by atoms with Gasteiger partial charge in [0.1, 0.15) is 0 Å². The number of aromatic nitrogens is 1. The first-order valence-electron chi connectivity index (χ1n) is 6.06. The molecule has 4 heteroatoms. The van der Waals surface area contributed by atoms with E-state index in [9.17, 15) is 9.59 Å². The number of nitrogens with zero attached hydrogens (tertiary/aromatic N) is 1. The molecule has 0 saturated carbocycles. The van der Waals surface area contributed by atoms with E-state index in [4.69, 9.17) is 0 Å². The fourth-order valence-electron chi connectivity index (χ4n) is 2.21. The minimum Gasteiger partial charge on any atom is -0.338 e. The molecule has 1 saturated heterocycles. The van der Waals surface area contributed by atoms with E-state index in [1.165, 1.54) is 12.3 Å². The summed E-state index contributed by atoms with van der Waals surface area (Å²) in [5.41, 5.74) is 0.254. The zero-order valence-corrected chi connectivity index (χ0v) is 10.3. The van der Waals surface area contributed by atoms with Gasteiger partial charge in [-0.3, -0.25) is 9.59 Å². The Bertz CT molecular complexity index is 466. The summed E-state index contributed by atoms with van der Waals surface area (Å²) in [5, 5.41) is 0. The van der Waals surface area contributed by atoms with Crippen LogP contribution < -0.4 is 5.56 Å². The lowest BCUT2D eigenvalue weighted by Crippen LogP contribution is -2.42. The first-order valence-corrected chi connectivity index (χ1v) is 6.06. The molecule has 1 aliphatic rings. The second-order valence-corrected chi connectivity index (χ2v) is 4.94. The third kappa shape index (κ3) is 2.57. The summed E-state index contributed by atoms with van der Waals surface area (Å²) in [6.45, 7) is 5.96. The number of pyridine rings is 1. The maximum Gasteiger partial charge on any atom is 0.254 e. The summed E-state index contributed by atoms with van der Waals surface area (Å²) in [7, 11) is 0. The number of H-pyrrole nitrogens is 1. The molecule has 0 aromatic carbocycles. The highest BCUT2D eigenvalue weighted by atomic mass is 16.2. The largest absolute Gasteiger partial charge is 0.338 e. The summed E-state index contributed by atoms with van der Waals surface area (Å²) in [6, 6.07) is 3.03. The number of piperidine rings is 1. The fourth-order valence-corrected chi connectivity index (χ4v) is 2.21. The quantitative estimate of drug-likeness (QED) is 0.800. The second kappa shape index (κ2) is 4.73. The van der Waals surface area contributed by atoms with Crippen LogP contribution in [0.3, 0.4) is 0 Å². The normalized spacial score (nSPS) is 24.7. The van der Waals surface area contributed by atoms with Gasteiger partial charge in [0.05, 0.1) is 0 Å². The van der Waals surface area contributed by atoms with Gasteiger partial charge < -0.3 is 9.88 Å². The average Bonchev–Trinajstić information content (AvgIpc) is 2.32. The predicted octanol–water partition coefficient (Wildman–Crippen LogP) is 1.49. The van der Waals surface area contributed by atoms with Gasteiger partial charge in [-0.2, -0.15) is 0 Å². The zero-order chi connectivity index (χ0) is 12.4. The van der Waals surface area contributed by atoms with Crippen molar-refractivity contribution in [2.75, 3.05) is 13.1 Å². The van der Waals surface area contributed by atoms with Crippen LogP contribution in [0, 0.1) is 11.8 Å². The molecule has 0 radical (unpaired) electrons. The predicted molar refractivity (Wildman–Crippen MR) is 65.9 cm³/mol. The first kappa shape index (κ1) is 11.9. The van der Waals surface area contributed by atoms with E-state index in [1.807, 2.05) is 4.90 Å². The molecule has 1 aliphatic heterocycles. The van der Waals surface area contributed by atoms with Gasteiger partial charge >= 0.3 is 0 Å². The zero-order valence-electron chi connectivity index (χ0n) is 10.3. The van der Waals surface area contributed by atoms with Crippen LogP contribution in [0.5, 0.6) is 0 Å². The molecule has 0 spiro atoms. The van der Waals surface area contributed by atoms with Crippen molar-refractivity contribution in [3.63, 3.8) is 0 Å². The van der Waals surface area contributed by atoms with Crippen molar-refractivity contribution in [2.24, 2.45) is 11.8 Å². The highest BCUT2D eigenvalue weighted by molar-refractivity contribution is 5.94. The number of hydrogen-bond donors (Lipinski definition) is 1. The van der Waals surface area contributed by atoms with Crippen molar-refractivity contribution in [1.82, 2.24) is 9.88 Å². The topological polar surface area (TPSA) is 53.2 Å². The molecule has 2 rings (SSSR count). The highest BCUT2D eigenvalue weighted by Crippen LogP contribution is 2.23. The standard InChI is InChI=1S/C13H18N2O2/c1-9-4-6-15(8-10(9)2)13(17)11-3-5-14-12(16)7-11/h3,5,7,9-10H,4,6,8H2,1-2H3,(H,14,16). The van der Waals surface area contributed by atoms with Gasteiger partial charge in [-0.05, 0) is 24.3 Å². The van der Waals surface area contributed by atoms with Crippen molar-refractivity contribution in [1.29, 1.82) is 0 Å². The summed E-state index contributed by atoms with van der Waals surface area (Å²) in [5.74, 6) is 1.16. The molecule has 1 aromatic rings. The van der Waals surface area contributed by atoms with Crippen LogP contribution in [0.1, 0.15) is 30.6 Å². The Hall–Kier alpha value is -1.58. The second-order valence-electron chi connectivity index (χ2n) is 4.94. The van der Waals surface area contributed by atoms with E-state index in [2.05, 4.69) is 18.8 Å². The van der Waals surface area contributed by atoms with E-state index in [0.29, 0.717) is 17.4 Å². The summed E-state index contributed by atoms with van der Waals surface area (Å²) < 4.78 is 0. The molecular formula is C13H18N2O2. The van der Waals surface area contributed by atoms with E-state index in [0.717, 1.165) is 19.5 Å². The lowest BCUT2D eigenvalue weighted by atomic mass is 9.88. The lowest BCUT2D eigenvalue weighted by molar-refractivity contribution is 0.0627. The number of nitrogens with one attached hydrogen (secondary N) is 1. The fraction of sp³-hybridized carbons (Fsp3) is 0.538. The Morgan fingerprint density at radius 3 is 2.82 bits per heavy atom. The average molecular weight is 234 g/mol. The van der Waals surface area contributed by atoms with Gasteiger partial charge in [-0.1, -0.05) is 13.8 Å². The smallest absolute Gasteiger partial charge is 0.254 e. The summed E-state index contributed by atoms with van der Waals surface area (Å²) in [6.07, 6.45) is 2.56. The third-order valence-corrected chi connectivity index (χ3v) is 3.64. The number of carbonyl (C=O) groups excluding carboxylic acids is 1. The van der Waals surface area contributed by atoms with Crippen LogP contribution >= 0.6 is 0 Å². The number of rotatable bonds is 1. The monoisotopic (exact) mass is 234 g/mol. The Kier molecular flexibility index (Phi) is 3.31. The van der Waals surface area contributed by atoms with Gasteiger partial charge in [0.15, 0.2) is 0 Å². The van der Waals surface area contributed by atoms with E-state index < -0.39 is 0 Å². The number of amides is 1. The van der Waals surface area contributed by atoms with Crippen LogP contribution in [0.4, 0.5) is 0 Å². The molecule has 1 aromatic heterocycles. The van der Waals surface area contributed by atoms with Gasteiger partial charge in [0.2, 0.25) is 5.56 Å². The van der Waals surface area contributed by atoms with Crippen LogP contribution in [-0.2, 0) is 0 Å². The van der Waals surface area contributed by atoms with Gasteiger partial charge in [-0.25, -0.2) is 0 Å². The molecule has 1 fully saturated rings. The first-order chi connectivity index (χ1) is 8.08. The Labute approximate surface area is 101 Å². The van der Waals surface area contributed by atoms with Crippen molar-refractivity contribution in [3.8, 4) is 0 Å². The third-order valence-electron chi connectivity index (χ3n) is 3.64. The lowest BCUT2D eigenvalue weighted by Gasteiger charge is -2.35. The molecule has 1 N–H and O–H groups in total. The Morgan fingerprint density at radius 1 is 1.41 bits per heavy atom. The molecule has 92 valence electrons. The van der Waals surface area contributed by atoms with E-state index in [-0.39, 0.29) is 11.5 Å². The molecule has 1 amide bonds. The van der Waals surface area contributed by atoms with E-state index >= 15 is 0 Å². The van der Waals surface area contributed by atoms with Gasteiger partial charge in [0, 0.05) is 30.9 Å². The number of carbonyl (C=O) groups is 1. The molecule has 2 heterocycles. The Morgan fingerprint density at radius 2 is 2.18 bits per heavy atom. The van der Waals surface area contributed by atoms with Crippen LogP contribution in [0.15, 0.2) is 23.1 Å². The molecule has 2 atom stereocenters. The van der Waals surface area contributed by atoms with Gasteiger partial charge in [0.25, 0.3) is 5.91 Å². The number of aromatic amines is 1. The summed E-state index contributed by atoms with van der Waals surface area (Å²) >= 11 is 0. The van der Waals surface area contributed by atoms with E-state index in [1.54, 1.807) is 6.07 Å². The maximum atomic E-state index is 12.2. The van der Waals surface area contributed by atoms with Crippen molar-refractivity contribution in [2.45, 2.75) is 20.3 Å². The highest BCUT2D eigenvalue weighted by Gasteiger charge is 2.26. The number of hydrogen-bond acceptors (Lipinski definition) is 2. The number of likely N-dealkylation sites (tertiary alicyclic amines) is 1. The van der Waals surface area contributed by atoms with Crippen LogP contribution in [0.2, 0.25) is 0 Å². The van der Waals surface area contributed by atoms with Crippen molar-refractivity contribution in [3.05, 3.63) is 34.2 Å².